The fraction of sp³-hybridized carbons (Fsp3) is 0.333. The lowest BCUT2D eigenvalue weighted by atomic mass is 9.99. The van der Waals surface area contributed by atoms with Gasteiger partial charge in [-0.2, -0.15) is 10.2 Å². The maximum Gasteiger partial charge on any atom is 0.154 e. The maximum absolute atomic E-state index is 10.5. The third-order valence-corrected chi connectivity index (χ3v) is 5.01. The number of hydrogen-bond acceptors (Lipinski definition) is 7. The van der Waals surface area contributed by atoms with Gasteiger partial charge < -0.3 is 15.5 Å². The SMILES string of the molecule is CC(C)c1cnnc(NC2=NC(C3C=C3c3cnn(CCC=O)c3)C(=N)C=C2)c1. The standard InChI is InChI=1S/C21H23N7O/c1-13(2)14-8-20(27-23-10-14)25-19-5-4-18(22)21(26-19)17-9-16(17)15-11-24-28(12-15)6-3-7-29/h4-5,7-13,17,21-22H,3,6H2,1-2H3,(H,25,26,27). The molecule has 0 fully saturated rings. The van der Waals surface area contributed by atoms with Gasteiger partial charge in [0.15, 0.2) is 5.82 Å². The summed E-state index contributed by atoms with van der Waals surface area (Å²) in [5.41, 5.74) is 3.73. The van der Waals surface area contributed by atoms with E-state index in [-0.39, 0.29) is 12.0 Å². The van der Waals surface area contributed by atoms with Gasteiger partial charge in [-0.05, 0) is 35.3 Å². The molecule has 3 heterocycles. The molecular formula is C21H23N7O. The van der Waals surface area contributed by atoms with Gasteiger partial charge in [-0.1, -0.05) is 19.9 Å². The molecule has 2 unspecified atom stereocenters. The van der Waals surface area contributed by atoms with Gasteiger partial charge in [-0.3, -0.25) is 9.67 Å². The predicted molar refractivity (Wildman–Crippen MR) is 112 cm³/mol. The molecule has 2 aromatic heterocycles. The summed E-state index contributed by atoms with van der Waals surface area (Å²) in [7, 11) is 0. The Kier molecular flexibility index (Phi) is 5.16. The normalized spacial score (nSPS) is 20.4. The van der Waals surface area contributed by atoms with Crippen molar-refractivity contribution in [1.82, 2.24) is 20.0 Å². The Morgan fingerprint density at radius 2 is 2.17 bits per heavy atom. The van der Waals surface area contributed by atoms with E-state index in [2.05, 4.69) is 40.5 Å². The van der Waals surface area contributed by atoms with Crippen molar-refractivity contribution in [3.63, 3.8) is 0 Å². The number of carbonyl (C=O) groups excluding carboxylic acids is 1. The average molecular weight is 389 g/mol. The van der Waals surface area contributed by atoms with Crippen LogP contribution in [0.4, 0.5) is 5.82 Å². The Bertz CT molecular complexity index is 1030. The topological polar surface area (TPSA) is 109 Å². The van der Waals surface area contributed by atoms with Gasteiger partial charge in [0.25, 0.3) is 0 Å². The van der Waals surface area contributed by atoms with E-state index in [1.165, 1.54) is 0 Å². The fourth-order valence-corrected chi connectivity index (χ4v) is 3.28. The molecule has 0 radical (unpaired) electrons. The molecule has 0 bridgehead atoms. The molecule has 8 heteroatoms. The second-order valence-corrected chi connectivity index (χ2v) is 7.50. The molecule has 2 aliphatic rings. The quantitative estimate of drug-likeness (QED) is 0.708. The zero-order valence-electron chi connectivity index (χ0n) is 16.4. The van der Waals surface area contributed by atoms with E-state index in [9.17, 15) is 4.79 Å². The Balaban J connectivity index is 1.45. The number of aldehydes is 1. The van der Waals surface area contributed by atoms with Gasteiger partial charge in [-0.25, -0.2) is 0 Å². The van der Waals surface area contributed by atoms with Crippen molar-refractivity contribution in [2.75, 3.05) is 5.32 Å². The number of rotatable bonds is 7. The van der Waals surface area contributed by atoms with Crippen LogP contribution in [0, 0.1) is 11.3 Å². The Morgan fingerprint density at radius 1 is 1.31 bits per heavy atom. The van der Waals surface area contributed by atoms with Crippen LogP contribution in [0.2, 0.25) is 0 Å². The lowest BCUT2D eigenvalue weighted by Gasteiger charge is -2.18. The zero-order chi connectivity index (χ0) is 20.4. The third kappa shape index (κ3) is 4.21. The van der Waals surface area contributed by atoms with Crippen molar-refractivity contribution in [2.24, 2.45) is 10.9 Å². The van der Waals surface area contributed by atoms with Gasteiger partial charge >= 0.3 is 0 Å². The second kappa shape index (κ2) is 7.90. The van der Waals surface area contributed by atoms with Crippen molar-refractivity contribution in [3.8, 4) is 0 Å². The monoisotopic (exact) mass is 389 g/mol. The number of amidine groups is 1. The minimum Gasteiger partial charge on any atom is -0.324 e. The second-order valence-electron chi connectivity index (χ2n) is 7.50. The van der Waals surface area contributed by atoms with Gasteiger partial charge in [-0.15, -0.1) is 5.10 Å². The fourth-order valence-electron chi connectivity index (χ4n) is 3.28. The highest BCUT2D eigenvalue weighted by Gasteiger charge is 2.37. The summed E-state index contributed by atoms with van der Waals surface area (Å²) in [5, 5.41) is 24.0. The molecule has 8 nitrogen and oxygen atoms in total. The van der Waals surface area contributed by atoms with Crippen molar-refractivity contribution < 1.29 is 4.79 Å². The van der Waals surface area contributed by atoms with E-state index in [1.54, 1.807) is 29.2 Å². The van der Waals surface area contributed by atoms with E-state index < -0.39 is 0 Å². The van der Waals surface area contributed by atoms with Gasteiger partial charge in [0.05, 0.1) is 18.1 Å². The zero-order valence-corrected chi connectivity index (χ0v) is 16.4. The van der Waals surface area contributed by atoms with Crippen molar-refractivity contribution >= 4 is 29.2 Å². The summed E-state index contributed by atoms with van der Waals surface area (Å²) in [6.07, 6.45) is 12.5. The summed E-state index contributed by atoms with van der Waals surface area (Å²) in [6, 6.07) is 1.70. The Hall–Kier alpha value is -3.42. The van der Waals surface area contributed by atoms with Crippen LogP contribution in [0.5, 0.6) is 0 Å². The molecular weight excluding hydrogens is 366 g/mol. The molecule has 29 heavy (non-hydrogen) atoms. The van der Waals surface area contributed by atoms with Crippen LogP contribution in [0.15, 0.2) is 47.9 Å². The van der Waals surface area contributed by atoms with Gasteiger partial charge in [0, 0.05) is 30.6 Å². The van der Waals surface area contributed by atoms with Crippen molar-refractivity contribution in [3.05, 3.63) is 54.0 Å². The minimum absolute atomic E-state index is 0.0843. The molecule has 0 saturated carbocycles. The molecule has 0 spiro atoms. The van der Waals surface area contributed by atoms with E-state index in [1.807, 2.05) is 12.3 Å². The summed E-state index contributed by atoms with van der Waals surface area (Å²) in [6.45, 7) is 4.79. The molecule has 0 amide bonds. The van der Waals surface area contributed by atoms with E-state index in [0.717, 1.165) is 23.0 Å². The largest absolute Gasteiger partial charge is 0.324 e. The highest BCUT2D eigenvalue weighted by molar-refractivity contribution is 6.14. The summed E-state index contributed by atoms with van der Waals surface area (Å²) in [4.78, 5) is 15.3. The number of aryl methyl sites for hydroxylation is 1. The first-order valence-electron chi connectivity index (χ1n) is 9.67. The molecule has 0 aromatic carbocycles. The van der Waals surface area contributed by atoms with Crippen LogP contribution in [-0.4, -0.2) is 43.9 Å². The van der Waals surface area contributed by atoms with Crippen LogP contribution in [-0.2, 0) is 11.3 Å². The van der Waals surface area contributed by atoms with E-state index in [0.29, 0.717) is 36.2 Å². The van der Waals surface area contributed by atoms with Crippen LogP contribution >= 0.6 is 0 Å². The Labute approximate surface area is 169 Å². The summed E-state index contributed by atoms with van der Waals surface area (Å²) >= 11 is 0. The molecule has 4 rings (SSSR count). The number of carbonyl (C=O) groups is 1. The smallest absolute Gasteiger partial charge is 0.154 e. The van der Waals surface area contributed by atoms with Crippen LogP contribution in [0.1, 0.15) is 37.3 Å². The van der Waals surface area contributed by atoms with Gasteiger partial charge in [0.2, 0.25) is 0 Å². The average Bonchev–Trinajstić information content (AvgIpc) is 3.37. The molecule has 2 N–H and O–H groups in total. The molecule has 2 atom stereocenters. The lowest BCUT2D eigenvalue weighted by molar-refractivity contribution is -0.108. The predicted octanol–water partition coefficient (Wildman–Crippen LogP) is 2.87. The number of nitrogens with zero attached hydrogens (tertiary/aromatic N) is 5. The summed E-state index contributed by atoms with van der Waals surface area (Å²) in [5.74, 6) is 1.76. The van der Waals surface area contributed by atoms with Crippen molar-refractivity contribution in [1.29, 1.82) is 5.41 Å². The van der Waals surface area contributed by atoms with Gasteiger partial charge in [0.1, 0.15) is 18.2 Å². The highest BCUT2D eigenvalue weighted by atomic mass is 16.1. The summed E-state index contributed by atoms with van der Waals surface area (Å²) < 4.78 is 1.77. The van der Waals surface area contributed by atoms with Crippen LogP contribution in [0.3, 0.4) is 0 Å². The molecule has 148 valence electrons. The number of nitrogens with one attached hydrogen (secondary N) is 2. The first-order chi connectivity index (χ1) is 14.0. The number of aromatic nitrogens is 4. The van der Waals surface area contributed by atoms with Crippen molar-refractivity contribution in [2.45, 2.75) is 38.8 Å². The lowest BCUT2D eigenvalue weighted by Crippen LogP contribution is -2.27. The number of anilines is 1. The third-order valence-electron chi connectivity index (χ3n) is 5.01. The molecule has 1 aliphatic carbocycles. The highest BCUT2D eigenvalue weighted by Crippen LogP contribution is 2.42. The number of aliphatic imine (C=N–C) groups is 1. The van der Waals surface area contributed by atoms with E-state index in [4.69, 9.17) is 10.4 Å². The number of hydrogen-bond donors (Lipinski definition) is 2. The van der Waals surface area contributed by atoms with Crippen LogP contribution < -0.4 is 5.32 Å². The van der Waals surface area contributed by atoms with E-state index >= 15 is 0 Å². The van der Waals surface area contributed by atoms with Crippen LogP contribution in [0.25, 0.3) is 5.57 Å². The molecule has 1 aliphatic heterocycles. The minimum atomic E-state index is -0.267. The number of dihydropyridines is 1. The molecule has 0 saturated heterocycles. The first kappa shape index (κ1) is 18.9. The molecule has 2 aromatic rings. The maximum atomic E-state index is 10.5. The first-order valence-corrected chi connectivity index (χ1v) is 9.67. The Morgan fingerprint density at radius 3 is 2.97 bits per heavy atom.